The van der Waals surface area contributed by atoms with Crippen molar-refractivity contribution in [1.82, 2.24) is 15.1 Å². The standard InChI is InChI=1S/C39H43ClF3N3O2.ClH/c40-38-33(17-10-19-36(38)39(41,42)43)28-46(29-35(31-13-3-1-4-14-31)32-15-5-2-6-16-32)23-11-25-48-34-18-9-12-30(26-34)27-37(47)44-20-24-45-21-7-8-22-45;/h1-6,9-10,12-19,26,35H,7-8,11,20-25,27-29H2,(H,44,47);1H. The van der Waals surface area contributed by atoms with Gasteiger partial charge in [0.2, 0.25) is 5.91 Å². The van der Waals surface area contributed by atoms with Crippen molar-refractivity contribution in [3.05, 3.63) is 136 Å². The first-order valence-corrected chi connectivity index (χ1v) is 17.0. The molecule has 0 atom stereocenters. The molecule has 262 valence electrons. The van der Waals surface area contributed by atoms with E-state index in [0.717, 1.165) is 42.4 Å². The molecule has 1 N–H and O–H groups in total. The summed E-state index contributed by atoms with van der Waals surface area (Å²) in [6.45, 7) is 5.53. The summed E-state index contributed by atoms with van der Waals surface area (Å²) in [5.74, 6) is 0.661. The van der Waals surface area contributed by atoms with Crippen LogP contribution in [-0.4, -0.2) is 61.6 Å². The Morgan fingerprint density at radius 2 is 1.55 bits per heavy atom. The lowest BCUT2D eigenvalue weighted by Gasteiger charge is -2.29. The number of ether oxygens (including phenoxy) is 1. The number of nitrogens with zero attached hydrogens (tertiary/aromatic N) is 2. The zero-order valence-corrected chi connectivity index (χ0v) is 29.1. The molecule has 1 amide bonds. The highest BCUT2D eigenvalue weighted by atomic mass is 35.5. The highest BCUT2D eigenvalue weighted by Crippen LogP contribution is 2.37. The van der Waals surface area contributed by atoms with Crippen LogP contribution in [0.15, 0.2) is 103 Å². The number of rotatable bonds is 16. The average molecular weight is 715 g/mol. The normalized spacial score (nSPS) is 13.4. The number of halogens is 5. The second-order valence-electron chi connectivity index (χ2n) is 12.3. The molecule has 0 aromatic heterocycles. The summed E-state index contributed by atoms with van der Waals surface area (Å²) in [5.41, 5.74) is 2.72. The molecular formula is C39H44Cl2F3N3O2. The van der Waals surface area contributed by atoms with Crippen molar-refractivity contribution in [3.8, 4) is 5.75 Å². The van der Waals surface area contributed by atoms with Crippen LogP contribution in [0.1, 0.15) is 53.0 Å². The van der Waals surface area contributed by atoms with Gasteiger partial charge in [-0.25, -0.2) is 0 Å². The fourth-order valence-electron chi connectivity index (χ4n) is 6.26. The summed E-state index contributed by atoms with van der Waals surface area (Å²) in [6.07, 6.45) is -1.17. The Hall–Kier alpha value is -3.56. The molecule has 1 aliphatic heterocycles. The minimum Gasteiger partial charge on any atom is -0.494 e. The molecule has 0 aliphatic carbocycles. The molecule has 0 saturated carbocycles. The largest absolute Gasteiger partial charge is 0.494 e. The van der Waals surface area contributed by atoms with Crippen LogP contribution in [0.5, 0.6) is 5.75 Å². The van der Waals surface area contributed by atoms with Crippen molar-refractivity contribution in [2.75, 3.05) is 45.9 Å². The Kier molecular flexibility index (Phi) is 14.8. The van der Waals surface area contributed by atoms with E-state index in [1.165, 1.54) is 18.9 Å². The van der Waals surface area contributed by atoms with E-state index < -0.39 is 11.7 Å². The number of alkyl halides is 3. The minimum absolute atomic E-state index is 0. The predicted molar refractivity (Wildman–Crippen MR) is 193 cm³/mol. The van der Waals surface area contributed by atoms with Crippen LogP contribution in [-0.2, 0) is 23.9 Å². The Balaban J connectivity index is 0.00000541. The van der Waals surface area contributed by atoms with Gasteiger partial charge in [-0.2, -0.15) is 13.2 Å². The molecule has 0 unspecified atom stereocenters. The first kappa shape index (κ1) is 38.2. The van der Waals surface area contributed by atoms with Crippen LogP contribution in [0.4, 0.5) is 13.2 Å². The van der Waals surface area contributed by atoms with Crippen molar-refractivity contribution >= 4 is 29.9 Å². The zero-order valence-electron chi connectivity index (χ0n) is 27.5. The molecule has 49 heavy (non-hydrogen) atoms. The van der Waals surface area contributed by atoms with Gasteiger partial charge in [-0.3, -0.25) is 9.69 Å². The van der Waals surface area contributed by atoms with Gasteiger partial charge in [-0.15, -0.1) is 12.4 Å². The number of hydrogen-bond acceptors (Lipinski definition) is 4. The Bertz CT molecular complexity index is 1550. The van der Waals surface area contributed by atoms with Crippen molar-refractivity contribution in [3.63, 3.8) is 0 Å². The van der Waals surface area contributed by atoms with E-state index in [2.05, 4.69) is 39.4 Å². The molecule has 0 bridgehead atoms. The summed E-state index contributed by atoms with van der Waals surface area (Å²) in [7, 11) is 0. The first-order valence-electron chi connectivity index (χ1n) is 16.6. The number of likely N-dealkylation sites (tertiary alicyclic amines) is 1. The second kappa shape index (κ2) is 19.0. The van der Waals surface area contributed by atoms with Gasteiger partial charge in [0, 0.05) is 38.6 Å². The van der Waals surface area contributed by atoms with Crippen molar-refractivity contribution in [2.24, 2.45) is 0 Å². The third-order valence-corrected chi connectivity index (χ3v) is 9.17. The van der Waals surface area contributed by atoms with Gasteiger partial charge in [-0.1, -0.05) is 96.5 Å². The lowest BCUT2D eigenvalue weighted by atomic mass is 9.90. The maximum Gasteiger partial charge on any atom is 0.417 e. The maximum absolute atomic E-state index is 13.7. The Labute approximate surface area is 298 Å². The second-order valence-corrected chi connectivity index (χ2v) is 12.7. The zero-order chi connectivity index (χ0) is 33.8. The summed E-state index contributed by atoms with van der Waals surface area (Å²) in [5, 5.41) is 2.75. The number of nitrogens with one attached hydrogen (secondary N) is 1. The summed E-state index contributed by atoms with van der Waals surface area (Å²) >= 11 is 6.36. The number of carbonyl (C=O) groups excluding carboxylic acids is 1. The lowest BCUT2D eigenvalue weighted by Crippen LogP contribution is -2.34. The number of benzene rings is 4. The smallest absolute Gasteiger partial charge is 0.417 e. The van der Waals surface area contributed by atoms with Gasteiger partial charge in [0.15, 0.2) is 0 Å². The first-order chi connectivity index (χ1) is 23.3. The molecule has 1 saturated heterocycles. The van der Waals surface area contributed by atoms with Crippen LogP contribution in [0.25, 0.3) is 0 Å². The Morgan fingerprint density at radius 3 is 2.20 bits per heavy atom. The third kappa shape index (κ3) is 11.8. The van der Waals surface area contributed by atoms with E-state index >= 15 is 0 Å². The van der Waals surface area contributed by atoms with E-state index in [-0.39, 0.29) is 42.2 Å². The van der Waals surface area contributed by atoms with Crippen molar-refractivity contribution in [1.29, 1.82) is 0 Å². The van der Waals surface area contributed by atoms with Gasteiger partial charge in [0.1, 0.15) is 5.75 Å². The van der Waals surface area contributed by atoms with E-state index in [0.29, 0.717) is 44.0 Å². The monoisotopic (exact) mass is 713 g/mol. The van der Waals surface area contributed by atoms with Gasteiger partial charge in [0.05, 0.1) is 23.6 Å². The quantitative estimate of drug-likeness (QED) is 0.118. The van der Waals surface area contributed by atoms with Crippen LogP contribution < -0.4 is 10.1 Å². The Morgan fingerprint density at radius 1 is 0.898 bits per heavy atom. The van der Waals surface area contributed by atoms with E-state index in [1.54, 1.807) is 6.07 Å². The minimum atomic E-state index is -4.54. The number of amides is 1. The third-order valence-electron chi connectivity index (χ3n) is 8.72. The number of hydrogen-bond donors (Lipinski definition) is 1. The fourth-order valence-corrected chi connectivity index (χ4v) is 6.55. The van der Waals surface area contributed by atoms with E-state index in [9.17, 15) is 18.0 Å². The SMILES string of the molecule is Cl.O=C(Cc1cccc(OCCCN(Cc2cccc(C(F)(F)F)c2Cl)CC(c2ccccc2)c2ccccc2)c1)NCCN1CCCC1. The topological polar surface area (TPSA) is 44.8 Å². The van der Waals surface area contributed by atoms with Gasteiger partial charge < -0.3 is 15.0 Å². The van der Waals surface area contributed by atoms with Crippen molar-refractivity contribution in [2.45, 2.75) is 44.3 Å². The molecule has 5 nitrogen and oxygen atoms in total. The molecule has 1 heterocycles. The molecule has 1 aliphatic rings. The maximum atomic E-state index is 13.7. The van der Waals surface area contributed by atoms with Crippen molar-refractivity contribution < 1.29 is 22.7 Å². The average Bonchev–Trinajstić information content (AvgIpc) is 3.60. The fraction of sp³-hybridized carbons (Fsp3) is 0.359. The van der Waals surface area contributed by atoms with Gasteiger partial charge in [0.25, 0.3) is 0 Å². The van der Waals surface area contributed by atoms with Crippen LogP contribution in [0.2, 0.25) is 5.02 Å². The van der Waals surface area contributed by atoms with Crippen LogP contribution >= 0.6 is 24.0 Å². The molecule has 4 aromatic carbocycles. The highest BCUT2D eigenvalue weighted by molar-refractivity contribution is 6.32. The number of carbonyl (C=O) groups is 1. The summed E-state index contributed by atoms with van der Waals surface area (Å²) in [6, 6.07) is 31.9. The van der Waals surface area contributed by atoms with Crippen LogP contribution in [0.3, 0.4) is 0 Å². The summed E-state index contributed by atoms with van der Waals surface area (Å²) < 4.78 is 47.2. The molecule has 10 heteroatoms. The molecule has 0 radical (unpaired) electrons. The summed E-state index contributed by atoms with van der Waals surface area (Å²) in [4.78, 5) is 17.0. The molecule has 5 rings (SSSR count). The van der Waals surface area contributed by atoms with E-state index in [4.69, 9.17) is 16.3 Å². The van der Waals surface area contributed by atoms with E-state index in [1.807, 2.05) is 60.7 Å². The van der Waals surface area contributed by atoms with Crippen LogP contribution in [0, 0.1) is 0 Å². The molecule has 0 spiro atoms. The van der Waals surface area contributed by atoms with Gasteiger partial charge >= 0.3 is 6.18 Å². The predicted octanol–water partition coefficient (Wildman–Crippen LogP) is 8.64. The molecular weight excluding hydrogens is 670 g/mol. The molecule has 4 aromatic rings. The lowest BCUT2D eigenvalue weighted by molar-refractivity contribution is -0.137. The van der Waals surface area contributed by atoms with Gasteiger partial charge in [-0.05, 0) is 72.8 Å². The molecule has 1 fully saturated rings. The highest BCUT2D eigenvalue weighted by Gasteiger charge is 2.34.